The zero-order valence-electron chi connectivity index (χ0n) is 14.4. The molecule has 0 aromatic rings. The van der Waals surface area contributed by atoms with Gasteiger partial charge in [-0.1, -0.05) is 0 Å². The predicted molar refractivity (Wildman–Crippen MR) is 89.3 cm³/mol. The van der Waals surface area contributed by atoms with E-state index in [1.165, 1.54) is 0 Å². The SMILES string of the molecule is CC(C)(O)CC1CC2CC(C(=O)OCCC(F)C(F)(F)S(=O)(=O)O)C1S2. The molecule has 5 atom stereocenters. The van der Waals surface area contributed by atoms with Crippen LogP contribution in [0.2, 0.25) is 0 Å². The number of carbonyl (C=O) groups excluding carboxylic acids is 1. The third kappa shape index (κ3) is 4.85. The van der Waals surface area contributed by atoms with Crippen LogP contribution in [0, 0.1) is 11.8 Å². The lowest BCUT2D eigenvalue weighted by Crippen LogP contribution is -2.39. The Balaban J connectivity index is 1.85. The molecule has 0 aromatic carbocycles. The summed E-state index contributed by atoms with van der Waals surface area (Å²) in [5, 5.41) is 5.25. The minimum absolute atomic E-state index is 0.0423. The lowest BCUT2D eigenvalue weighted by atomic mass is 9.77. The van der Waals surface area contributed by atoms with E-state index >= 15 is 0 Å². The summed E-state index contributed by atoms with van der Waals surface area (Å²) >= 11 is 1.65. The smallest absolute Gasteiger partial charge is 0.400 e. The topological polar surface area (TPSA) is 101 Å². The molecule has 152 valence electrons. The molecule has 0 amide bonds. The van der Waals surface area contributed by atoms with Crippen LogP contribution in [0.5, 0.6) is 0 Å². The maximum Gasteiger partial charge on any atom is 0.400 e. The first kappa shape index (κ1) is 21.8. The van der Waals surface area contributed by atoms with Crippen LogP contribution in [-0.2, 0) is 19.6 Å². The van der Waals surface area contributed by atoms with Crippen LogP contribution >= 0.6 is 11.8 Å². The first-order valence-corrected chi connectivity index (χ1v) is 10.6. The second-order valence-corrected chi connectivity index (χ2v) is 10.5. The van der Waals surface area contributed by atoms with Crippen molar-refractivity contribution in [3.05, 3.63) is 0 Å². The summed E-state index contributed by atoms with van der Waals surface area (Å²) in [5.74, 6) is -0.951. The Morgan fingerprint density at radius 3 is 2.46 bits per heavy atom. The third-order valence-corrected chi connectivity index (χ3v) is 7.42. The van der Waals surface area contributed by atoms with E-state index in [9.17, 15) is 31.5 Å². The average Bonchev–Trinajstić information content (AvgIpc) is 3.03. The lowest BCUT2D eigenvalue weighted by molar-refractivity contribution is -0.150. The fourth-order valence-corrected chi connectivity index (χ4v) is 6.03. The molecule has 11 heteroatoms. The van der Waals surface area contributed by atoms with E-state index in [2.05, 4.69) is 0 Å². The summed E-state index contributed by atoms with van der Waals surface area (Å²) in [6.07, 6.45) is -2.23. The molecule has 2 rings (SSSR count). The molecule has 0 aliphatic carbocycles. The fraction of sp³-hybridized carbons (Fsp3) is 0.933. The summed E-state index contributed by atoms with van der Waals surface area (Å²) in [6, 6.07) is 0. The maximum atomic E-state index is 13.4. The van der Waals surface area contributed by atoms with Crippen molar-refractivity contribution in [3.63, 3.8) is 0 Å². The molecule has 2 fully saturated rings. The van der Waals surface area contributed by atoms with Gasteiger partial charge in [0, 0.05) is 16.9 Å². The molecular weight excluding hydrogens is 397 g/mol. The van der Waals surface area contributed by atoms with E-state index in [4.69, 9.17) is 9.29 Å². The van der Waals surface area contributed by atoms with E-state index in [0.717, 1.165) is 6.42 Å². The van der Waals surface area contributed by atoms with Crippen LogP contribution in [0.25, 0.3) is 0 Å². The number of fused-ring (bicyclic) bond motifs is 2. The van der Waals surface area contributed by atoms with Crippen LogP contribution < -0.4 is 0 Å². The molecular formula is C15H23F3O6S2. The first-order valence-electron chi connectivity index (χ1n) is 8.26. The second-order valence-electron chi connectivity index (χ2n) is 7.54. The fourth-order valence-electron chi connectivity index (χ4n) is 3.62. The number of rotatable bonds is 8. The van der Waals surface area contributed by atoms with Gasteiger partial charge in [0.15, 0.2) is 6.17 Å². The second kappa shape index (κ2) is 7.48. The van der Waals surface area contributed by atoms with Crippen molar-refractivity contribution in [2.45, 2.75) is 67.1 Å². The summed E-state index contributed by atoms with van der Waals surface area (Å²) in [5.41, 5.74) is -0.868. The van der Waals surface area contributed by atoms with E-state index < -0.39 is 52.1 Å². The molecule has 2 aliphatic rings. The highest BCUT2D eigenvalue weighted by atomic mass is 32.2. The molecule has 2 aliphatic heterocycles. The zero-order chi connectivity index (χ0) is 19.9. The minimum atomic E-state index is -5.88. The number of ether oxygens (including phenoxy) is 1. The third-order valence-electron chi connectivity index (χ3n) is 4.68. The van der Waals surface area contributed by atoms with Crippen molar-refractivity contribution in [1.82, 2.24) is 0 Å². The quantitative estimate of drug-likeness (QED) is 0.459. The summed E-state index contributed by atoms with van der Waals surface area (Å²) in [4.78, 5) is 12.2. The van der Waals surface area contributed by atoms with Gasteiger partial charge in [0.05, 0.1) is 18.1 Å². The molecule has 5 unspecified atom stereocenters. The van der Waals surface area contributed by atoms with Gasteiger partial charge in [0.1, 0.15) is 0 Å². The molecule has 26 heavy (non-hydrogen) atoms. The normalized spacial score (nSPS) is 30.4. The molecule has 0 spiro atoms. The number of esters is 1. The Morgan fingerprint density at radius 2 is 1.96 bits per heavy atom. The summed E-state index contributed by atoms with van der Waals surface area (Å²) < 4.78 is 73.7. The molecule has 2 N–H and O–H groups in total. The van der Waals surface area contributed by atoms with E-state index in [1.54, 1.807) is 25.6 Å². The van der Waals surface area contributed by atoms with Gasteiger partial charge in [-0.2, -0.15) is 29.0 Å². The Labute approximate surface area is 154 Å². The standard InChI is InChI=1S/C15H23F3O6S2/c1-14(2,20)7-8-5-9-6-10(12(8)25-9)13(19)24-4-3-11(16)15(17,18)26(21,22)23/h8-12,20H,3-7H2,1-2H3,(H,21,22,23). The summed E-state index contributed by atoms with van der Waals surface area (Å²) in [7, 11) is -5.88. The molecule has 2 bridgehead atoms. The lowest BCUT2D eigenvalue weighted by Gasteiger charge is -2.31. The number of halogens is 3. The van der Waals surface area contributed by atoms with Crippen molar-refractivity contribution < 1.29 is 40.8 Å². The first-order chi connectivity index (χ1) is 11.7. The number of thioether (sulfide) groups is 1. The highest BCUT2D eigenvalue weighted by Gasteiger charge is 2.53. The van der Waals surface area contributed by atoms with Gasteiger partial charge in [0.2, 0.25) is 0 Å². The van der Waals surface area contributed by atoms with Crippen molar-refractivity contribution in [2.75, 3.05) is 6.61 Å². The predicted octanol–water partition coefficient (Wildman–Crippen LogP) is 2.41. The average molecular weight is 420 g/mol. The number of hydrogen-bond acceptors (Lipinski definition) is 6. The van der Waals surface area contributed by atoms with Gasteiger partial charge in [-0.3, -0.25) is 9.35 Å². The van der Waals surface area contributed by atoms with Crippen LogP contribution in [0.15, 0.2) is 0 Å². The van der Waals surface area contributed by atoms with Crippen LogP contribution in [-0.4, -0.2) is 58.2 Å². The van der Waals surface area contributed by atoms with E-state index in [-0.39, 0.29) is 16.4 Å². The van der Waals surface area contributed by atoms with Gasteiger partial charge >= 0.3 is 21.3 Å². The van der Waals surface area contributed by atoms with Gasteiger partial charge in [-0.15, -0.1) is 0 Å². The Morgan fingerprint density at radius 1 is 1.35 bits per heavy atom. The Kier molecular flexibility index (Phi) is 6.26. The van der Waals surface area contributed by atoms with E-state index in [0.29, 0.717) is 12.8 Å². The molecule has 0 aromatic heterocycles. The van der Waals surface area contributed by atoms with Gasteiger partial charge in [-0.25, -0.2) is 4.39 Å². The number of carbonyl (C=O) groups is 1. The van der Waals surface area contributed by atoms with Gasteiger partial charge in [-0.05, 0) is 39.0 Å². The van der Waals surface area contributed by atoms with Crippen LogP contribution in [0.3, 0.4) is 0 Å². The van der Waals surface area contributed by atoms with Crippen molar-refractivity contribution in [2.24, 2.45) is 11.8 Å². The Hall–Kier alpha value is -0.520. The van der Waals surface area contributed by atoms with Crippen molar-refractivity contribution in [3.8, 4) is 0 Å². The Bertz CT molecular complexity index is 634. The van der Waals surface area contributed by atoms with Gasteiger partial charge in [0.25, 0.3) is 0 Å². The van der Waals surface area contributed by atoms with Crippen LogP contribution in [0.4, 0.5) is 13.2 Å². The molecule has 0 radical (unpaired) electrons. The van der Waals surface area contributed by atoms with Gasteiger partial charge < -0.3 is 9.84 Å². The molecule has 0 saturated carbocycles. The molecule has 2 heterocycles. The molecule has 2 saturated heterocycles. The minimum Gasteiger partial charge on any atom is -0.465 e. The van der Waals surface area contributed by atoms with Crippen molar-refractivity contribution in [1.29, 1.82) is 0 Å². The largest absolute Gasteiger partial charge is 0.465 e. The van der Waals surface area contributed by atoms with Crippen molar-refractivity contribution >= 4 is 27.8 Å². The van der Waals surface area contributed by atoms with Crippen LogP contribution in [0.1, 0.15) is 39.5 Å². The number of alkyl halides is 3. The number of hydrogen-bond donors (Lipinski definition) is 2. The highest BCUT2D eigenvalue weighted by molar-refractivity contribution is 8.01. The monoisotopic (exact) mass is 420 g/mol. The molecule has 6 nitrogen and oxygen atoms in total. The maximum absolute atomic E-state index is 13.4. The van der Waals surface area contributed by atoms with E-state index in [1.807, 2.05) is 0 Å². The highest BCUT2D eigenvalue weighted by Crippen LogP contribution is 2.54. The summed E-state index contributed by atoms with van der Waals surface area (Å²) in [6.45, 7) is 2.67. The number of aliphatic hydroxyl groups is 1. The zero-order valence-corrected chi connectivity index (χ0v) is 16.0.